The van der Waals surface area contributed by atoms with E-state index in [2.05, 4.69) is 0 Å². The topological polar surface area (TPSA) is 83.8 Å². The van der Waals surface area contributed by atoms with Crippen molar-refractivity contribution in [3.8, 4) is 0 Å². The zero-order valence-electron chi connectivity index (χ0n) is 13.4. The number of hydrogen-bond acceptors (Lipinski definition) is 5. The second-order valence-corrected chi connectivity index (χ2v) is 7.73. The predicted molar refractivity (Wildman–Crippen MR) is 76.3 cm³/mol. The molecule has 0 aliphatic heterocycles. The standard InChI is InChI=1S/C16H26O5/c1-9-6-11(18)12-14(2,3)8-15(4,13(19)21-5)16(12,20)10(9)7-17/h7,9-12,18,20H,6,8H2,1-5H3/t9-,10+,11+,12+,15-,16-/m1/s1. The maximum absolute atomic E-state index is 12.4. The maximum atomic E-state index is 12.4. The Morgan fingerprint density at radius 2 is 1.90 bits per heavy atom. The van der Waals surface area contributed by atoms with Gasteiger partial charge in [-0.05, 0) is 31.1 Å². The summed E-state index contributed by atoms with van der Waals surface area (Å²) in [6.07, 6.45) is 0.841. The molecule has 2 fully saturated rings. The maximum Gasteiger partial charge on any atom is 0.314 e. The van der Waals surface area contributed by atoms with Crippen LogP contribution in [0.1, 0.15) is 40.5 Å². The molecule has 0 aromatic rings. The summed E-state index contributed by atoms with van der Waals surface area (Å²) in [5.74, 6) is -1.91. The van der Waals surface area contributed by atoms with Crippen molar-refractivity contribution in [1.29, 1.82) is 0 Å². The fourth-order valence-corrected chi connectivity index (χ4v) is 5.29. The third kappa shape index (κ3) is 1.90. The second kappa shape index (κ2) is 4.78. The third-order valence-corrected chi connectivity index (χ3v) is 5.91. The molecule has 2 saturated carbocycles. The van der Waals surface area contributed by atoms with Gasteiger partial charge < -0.3 is 19.7 Å². The predicted octanol–water partition coefficient (Wildman–Crippen LogP) is 1.16. The first-order valence-corrected chi connectivity index (χ1v) is 7.50. The van der Waals surface area contributed by atoms with Gasteiger partial charge in [0, 0.05) is 11.8 Å². The highest BCUT2D eigenvalue weighted by Gasteiger charge is 2.74. The van der Waals surface area contributed by atoms with Crippen LogP contribution in [0.2, 0.25) is 0 Å². The van der Waals surface area contributed by atoms with E-state index < -0.39 is 40.3 Å². The van der Waals surface area contributed by atoms with Crippen LogP contribution in [0.3, 0.4) is 0 Å². The summed E-state index contributed by atoms with van der Waals surface area (Å²) >= 11 is 0. The average molecular weight is 298 g/mol. The van der Waals surface area contributed by atoms with Gasteiger partial charge in [0.15, 0.2) is 0 Å². The molecule has 0 unspecified atom stereocenters. The molecule has 6 atom stereocenters. The molecule has 5 heteroatoms. The van der Waals surface area contributed by atoms with Crippen LogP contribution in [0.5, 0.6) is 0 Å². The summed E-state index contributed by atoms with van der Waals surface area (Å²) in [6.45, 7) is 7.34. The van der Waals surface area contributed by atoms with Crippen molar-refractivity contribution >= 4 is 12.3 Å². The first kappa shape index (κ1) is 16.4. The molecule has 0 heterocycles. The lowest BCUT2D eigenvalue weighted by Gasteiger charge is -2.52. The van der Waals surface area contributed by atoms with Gasteiger partial charge in [-0.2, -0.15) is 0 Å². The van der Waals surface area contributed by atoms with E-state index in [1.54, 1.807) is 6.92 Å². The van der Waals surface area contributed by atoms with Crippen LogP contribution >= 0.6 is 0 Å². The normalized spacial score (nSPS) is 48.5. The number of carbonyl (C=O) groups excluding carboxylic acids is 2. The molecule has 0 saturated heterocycles. The van der Waals surface area contributed by atoms with Crippen molar-refractivity contribution in [2.24, 2.45) is 28.6 Å². The van der Waals surface area contributed by atoms with E-state index in [0.717, 1.165) is 6.29 Å². The molecule has 0 spiro atoms. The van der Waals surface area contributed by atoms with Gasteiger partial charge in [-0.1, -0.05) is 20.8 Å². The van der Waals surface area contributed by atoms with Crippen LogP contribution in [0.15, 0.2) is 0 Å². The van der Waals surface area contributed by atoms with Crippen LogP contribution in [-0.2, 0) is 14.3 Å². The molecule has 0 aromatic carbocycles. The molecular formula is C16H26O5. The number of aldehydes is 1. The van der Waals surface area contributed by atoms with Crippen molar-refractivity contribution in [1.82, 2.24) is 0 Å². The summed E-state index contributed by atoms with van der Waals surface area (Å²) < 4.78 is 4.91. The first-order chi connectivity index (χ1) is 9.56. The van der Waals surface area contributed by atoms with Crippen LogP contribution in [-0.4, -0.2) is 41.3 Å². The lowest BCUT2D eigenvalue weighted by Crippen LogP contribution is -2.64. The van der Waals surface area contributed by atoms with E-state index in [4.69, 9.17) is 4.74 Å². The van der Waals surface area contributed by atoms with E-state index in [1.165, 1.54) is 7.11 Å². The Hall–Kier alpha value is -0.940. The largest absolute Gasteiger partial charge is 0.469 e. The van der Waals surface area contributed by atoms with Crippen LogP contribution < -0.4 is 0 Å². The van der Waals surface area contributed by atoms with Crippen molar-refractivity contribution < 1.29 is 24.5 Å². The Kier molecular flexibility index (Phi) is 3.74. The fourth-order valence-electron chi connectivity index (χ4n) is 5.29. The SMILES string of the molecule is COC(=O)[C@@]1(C)CC(C)(C)[C@@H]2[C@@H](O)C[C@@H](C)[C@H](C=O)[C@@]21O. The van der Waals surface area contributed by atoms with Gasteiger partial charge in [0.2, 0.25) is 0 Å². The van der Waals surface area contributed by atoms with Crippen LogP contribution in [0, 0.1) is 28.6 Å². The number of hydrogen-bond donors (Lipinski definition) is 2. The van der Waals surface area contributed by atoms with Crippen LogP contribution in [0.4, 0.5) is 0 Å². The fraction of sp³-hybridized carbons (Fsp3) is 0.875. The smallest absolute Gasteiger partial charge is 0.314 e. The molecular weight excluding hydrogens is 272 g/mol. The Bertz CT molecular complexity index is 460. The highest BCUT2D eigenvalue weighted by Crippen LogP contribution is 2.66. The summed E-state index contributed by atoms with van der Waals surface area (Å²) in [7, 11) is 1.29. The Morgan fingerprint density at radius 3 is 2.38 bits per heavy atom. The van der Waals surface area contributed by atoms with Crippen LogP contribution in [0.25, 0.3) is 0 Å². The zero-order valence-corrected chi connectivity index (χ0v) is 13.4. The van der Waals surface area contributed by atoms with Crippen molar-refractivity contribution in [2.75, 3.05) is 7.11 Å². The van der Waals surface area contributed by atoms with E-state index in [0.29, 0.717) is 12.8 Å². The van der Waals surface area contributed by atoms with E-state index >= 15 is 0 Å². The Morgan fingerprint density at radius 1 is 1.33 bits per heavy atom. The number of fused-ring (bicyclic) bond motifs is 1. The lowest BCUT2D eigenvalue weighted by atomic mass is 9.56. The molecule has 2 rings (SSSR count). The number of methoxy groups -OCH3 is 1. The number of esters is 1. The number of aliphatic hydroxyl groups is 2. The first-order valence-electron chi connectivity index (χ1n) is 7.50. The highest BCUT2D eigenvalue weighted by atomic mass is 16.5. The third-order valence-electron chi connectivity index (χ3n) is 5.91. The van der Waals surface area contributed by atoms with Gasteiger partial charge in [0.05, 0.1) is 24.2 Å². The van der Waals surface area contributed by atoms with Crippen molar-refractivity contribution in [3.63, 3.8) is 0 Å². The molecule has 2 N–H and O–H groups in total. The average Bonchev–Trinajstić information content (AvgIpc) is 2.52. The van der Waals surface area contributed by atoms with E-state index in [9.17, 15) is 19.8 Å². The van der Waals surface area contributed by atoms with Gasteiger partial charge in [-0.15, -0.1) is 0 Å². The summed E-state index contributed by atoms with van der Waals surface area (Å²) in [5, 5.41) is 22.0. The monoisotopic (exact) mass is 298 g/mol. The lowest BCUT2D eigenvalue weighted by molar-refractivity contribution is -0.208. The summed E-state index contributed by atoms with van der Waals surface area (Å²) in [5.41, 5.74) is -3.24. The van der Waals surface area contributed by atoms with E-state index in [1.807, 2.05) is 20.8 Å². The highest BCUT2D eigenvalue weighted by molar-refractivity contribution is 5.80. The summed E-state index contributed by atoms with van der Waals surface area (Å²) in [4.78, 5) is 24.0. The molecule has 120 valence electrons. The second-order valence-electron chi connectivity index (χ2n) is 7.73. The number of carbonyl (C=O) groups is 2. The number of rotatable bonds is 2. The van der Waals surface area contributed by atoms with Crippen molar-refractivity contribution in [3.05, 3.63) is 0 Å². The molecule has 21 heavy (non-hydrogen) atoms. The minimum absolute atomic E-state index is 0.184. The minimum atomic E-state index is -1.58. The van der Waals surface area contributed by atoms with Gasteiger partial charge in [0.1, 0.15) is 6.29 Å². The molecule has 0 aromatic heterocycles. The Labute approximate surface area is 125 Å². The minimum Gasteiger partial charge on any atom is -0.469 e. The zero-order chi connectivity index (χ0) is 16.2. The number of aliphatic hydroxyl groups excluding tert-OH is 1. The molecule has 0 radical (unpaired) electrons. The van der Waals surface area contributed by atoms with E-state index in [-0.39, 0.29) is 5.92 Å². The molecule has 2 aliphatic rings. The Balaban J connectivity index is 2.66. The number of ether oxygens (including phenoxy) is 1. The molecule has 5 nitrogen and oxygen atoms in total. The van der Waals surface area contributed by atoms with Gasteiger partial charge in [0.25, 0.3) is 0 Å². The molecule has 0 amide bonds. The molecule has 0 bridgehead atoms. The quantitative estimate of drug-likeness (QED) is 0.590. The van der Waals surface area contributed by atoms with Crippen molar-refractivity contribution in [2.45, 2.75) is 52.2 Å². The summed E-state index contributed by atoms with van der Waals surface area (Å²) in [6, 6.07) is 0. The molecule has 2 aliphatic carbocycles. The van der Waals surface area contributed by atoms with Gasteiger partial charge in [-0.3, -0.25) is 4.79 Å². The van der Waals surface area contributed by atoms with Gasteiger partial charge in [-0.25, -0.2) is 0 Å². The van der Waals surface area contributed by atoms with Gasteiger partial charge >= 0.3 is 5.97 Å².